The quantitative estimate of drug-likeness (QED) is 0.426. The highest BCUT2D eigenvalue weighted by Crippen LogP contribution is 2.10. The smallest absolute Gasteiger partial charge is 0.156 e. The Labute approximate surface area is 85.9 Å². The number of rotatable bonds is 10. The minimum Gasteiger partial charge on any atom is -0.438 e. The van der Waals surface area contributed by atoms with E-state index >= 15 is 0 Å². The molecule has 0 saturated carbocycles. The largest absolute Gasteiger partial charge is 0.438 e. The first-order valence-corrected chi connectivity index (χ1v) is 7.66. The van der Waals surface area contributed by atoms with E-state index in [2.05, 4.69) is 6.92 Å². The lowest BCUT2D eigenvalue weighted by molar-refractivity contribution is 0.561. The van der Waals surface area contributed by atoms with Crippen LogP contribution in [0, 0.1) is 0 Å². The average molecular weight is 202 g/mol. The molecule has 0 saturated heterocycles. The highest BCUT2D eigenvalue weighted by molar-refractivity contribution is 6.25. The minimum absolute atomic E-state index is 0.637. The highest BCUT2D eigenvalue weighted by Gasteiger charge is 1.91. The standard InChI is InChI=1S/C11H26OSi/c1-2-3-4-5-6-7-8-9-10-11-13-12/h12H,2-11,13H2,1H3. The van der Waals surface area contributed by atoms with Crippen molar-refractivity contribution in [3.63, 3.8) is 0 Å². The molecule has 0 aliphatic carbocycles. The fourth-order valence-corrected chi connectivity index (χ4v) is 2.18. The van der Waals surface area contributed by atoms with E-state index in [0.29, 0.717) is 0 Å². The summed E-state index contributed by atoms with van der Waals surface area (Å²) in [7, 11) is -0.637. The van der Waals surface area contributed by atoms with E-state index in [0.717, 1.165) is 6.04 Å². The van der Waals surface area contributed by atoms with Crippen LogP contribution in [0.1, 0.15) is 64.7 Å². The van der Waals surface area contributed by atoms with Crippen LogP contribution >= 0.6 is 0 Å². The highest BCUT2D eigenvalue weighted by atomic mass is 28.2. The summed E-state index contributed by atoms with van der Waals surface area (Å²) in [5.41, 5.74) is 0. The van der Waals surface area contributed by atoms with Crippen molar-refractivity contribution in [1.82, 2.24) is 0 Å². The number of hydrogen-bond acceptors (Lipinski definition) is 1. The van der Waals surface area contributed by atoms with Crippen LogP contribution in [-0.4, -0.2) is 14.6 Å². The first-order chi connectivity index (χ1) is 6.41. The van der Waals surface area contributed by atoms with Gasteiger partial charge in [-0.3, -0.25) is 0 Å². The fraction of sp³-hybridized carbons (Fsp3) is 1.00. The van der Waals surface area contributed by atoms with Crippen LogP contribution in [0.5, 0.6) is 0 Å². The van der Waals surface area contributed by atoms with E-state index in [4.69, 9.17) is 4.80 Å². The summed E-state index contributed by atoms with van der Waals surface area (Å²) in [6, 6.07) is 1.13. The van der Waals surface area contributed by atoms with Crippen molar-refractivity contribution in [3.8, 4) is 0 Å². The fourth-order valence-electron chi connectivity index (χ4n) is 1.60. The number of unbranched alkanes of at least 4 members (excludes halogenated alkanes) is 8. The normalized spacial score (nSPS) is 11.5. The Morgan fingerprint density at radius 2 is 1.23 bits per heavy atom. The summed E-state index contributed by atoms with van der Waals surface area (Å²) in [6.07, 6.45) is 12.5. The van der Waals surface area contributed by atoms with Crippen molar-refractivity contribution in [2.24, 2.45) is 0 Å². The predicted molar refractivity (Wildman–Crippen MR) is 62.8 cm³/mol. The molecule has 1 N–H and O–H groups in total. The van der Waals surface area contributed by atoms with Crippen LogP contribution in [0.25, 0.3) is 0 Å². The van der Waals surface area contributed by atoms with Gasteiger partial charge in [-0.1, -0.05) is 64.7 Å². The van der Waals surface area contributed by atoms with E-state index in [1.54, 1.807) is 0 Å². The van der Waals surface area contributed by atoms with Gasteiger partial charge < -0.3 is 4.80 Å². The molecule has 0 aliphatic heterocycles. The van der Waals surface area contributed by atoms with Gasteiger partial charge in [-0.15, -0.1) is 0 Å². The molecule has 0 aromatic carbocycles. The maximum atomic E-state index is 8.70. The monoisotopic (exact) mass is 202 g/mol. The zero-order valence-corrected chi connectivity index (χ0v) is 10.6. The van der Waals surface area contributed by atoms with Gasteiger partial charge in [0.25, 0.3) is 0 Å². The SMILES string of the molecule is CCCCCCCCCCC[SiH2]O. The summed E-state index contributed by atoms with van der Waals surface area (Å²) in [5.74, 6) is 0. The Kier molecular flexibility index (Phi) is 12.3. The molecule has 0 spiro atoms. The van der Waals surface area contributed by atoms with Gasteiger partial charge in [-0.2, -0.15) is 0 Å². The van der Waals surface area contributed by atoms with E-state index < -0.39 is 9.76 Å². The molecule has 0 aromatic rings. The Bertz CT molecular complexity index is 76.2. The van der Waals surface area contributed by atoms with Crippen LogP contribution < -0.4 is 0 Å². The molecule has 80 valence electrons. The van der Waals surface area contributed by atoms with Crippen LogP contribution in [0.2, 0.25) is 6.04 Å². The van der Waals surface area contributed by atoms with Crippen LogP contribution in [0.3, 0.4) is 0 Å². The van der Waals surface area contributed by atoms with Gasteiger partial charge in [-0.25, -0.2) is 0 Å². The molecule has 1 nitrogen and oxygen atoms in total. The van der Waals surface area contributed by atoms with Gasteiger partial charge in [-0.05, 0) is 6.04 Å². The van der Waals surface area contributed by atoms with Gasteiger partial charge in [0.15, 0.2) is 9.76 Å². The Hall–Kier alpha value is 0.177. The van der Waals surface area contributed by atoms with Crippen LogP contribution in [0.4, 0.5) is 0 Å². The zero-order chi connectivity index (χ0) is 9.78. The van der Waals surface area contributed by atoms with E-state index in [-0.39, 0.29) is 0 Å². The predicted octanol–water partition coefficient (Wildman–Crippen LogP) is 3.01. The molecule has 0 aliphatic rings. The van der Waals surface area contributed by atoms with Gasteiger partial charge in [0.2, 0.25) is 0 Å². The van der Waals surface area contributed by atoms with Gasteiger partial charge in [0, 0.05) is 0 Å². The van der Waals surface area contributed by atoms with Crippen molar-refractivity contribution in [3.05, 3.63) is 0 Å². The Morgan fingerprint density at radius 3 is 1.69 bits per heavy atom. The second kappa shape index (κ2) is 12.2. The molecule has 0 rings (SSSR count). The van der Waals surface area contributed by atoms with Crippen LogP contribution in [-0.2, 0) is 0 Å². The molecular weight excluding hydrogens is 176 g/mol. The molecular formula is C11H26OSi. The lowest BCUT2D eigenvalue weighted by atomic mass is 10.1. The number of hydrogen-bond donors (Lipinski definition) is 1. The topological polar surface area (TPSA) is 20.2 Å². The van der Waals surface area contributed by atoms with E-state index in [1.165, 1.54) is 57.8 Å². The van der Waals surface area contributed by atoms with Gasteiger partial charge in [0.1, 0.15) is 0 Å². The molecule has 0 atom stereocenters. The second-order valence-electron chi connectivity index (χ2n) is 3.91. The summed E-state index contributed by atoms with van der Waals surface area (Å²) < 4.78 is 0. The minimum atomic E-state index is -0.637. The van der Waals surface area contributed by atoms with E-state index in [1.807, 2.05) is 0 Å². The summed E-state index contributed by atoms with van der Waals surface area (Å²) in [4.78, 5) is 8.70. The molecule has 0 amide bonds. The van der Waals surface area contributed by atoms with Crippen molar-refractivity contribution in [2.75, 3.05) is 0 Å². The third kappa shape index (κ3) is 12.2. The molecule has 13 heavy (non-hydrogen) atoms. The maximum Gasteiger partial charge on any atom is 0.156 e. The van der Waals surface area contributed by atoms with Gasteiger partial charge in [0.05, 0.1) is 0 Å². The molecule has 0 bridgehead atoms. The Morgan fingerprint density at radius 1 is 0.769 bits per heavy atom. The first-order valence-electron chi connectivity index (χ1n) is 6.02. The summed E-state index contributed by atoms with van der Waals surface area (Å²) in [6.45, 7) is 2.26. The van der Waals surface area contributed by atoms with Crippen molar-refractivity contribution in [2.45, 2.75) is 70.8 Å². The van der Waals surface area contributed by atoms with Crippen molar-refractivity contribution >= 4 is 9.76 Å². The third-order valence-corrected chi connectivity index (χ3v) is 3.33. The Balaban J connectivity index is 2.76. The first kappa shape index (κ1) is 13.2. The third-order valence-electron chi connectivity index (χ3n) is 2.51. The van der Waals surface area contributed by atoms with Crippen molar-refractivity contribution < 1.29 is 4.80 Å². The van der Waals surface area contributed by atoms with Crippen molar-refractivity contribution in [1.29, 1.82) is 0 Å². The molecule has 2 heteroatoms. The van der Waals surface area contributed by atoms with E-state index in [9.17, 15) is 0 Å². The lowest BCUT2D eigenvalue weighted by Crippen LogP contribution is -1.86. The maximum absolute atomic E-state index is 8.70. The molecule has 0 heterocycles. The molecule has 0 fully saturated rings. The molecule has 0 aromatic heterocycles. The zero-order valence-electron chi connectivity index (χ0n) is 9.23. The molecule has 0 radical (unpaired) electrons. The lowest BCUT2D eigenvalue weighted by Gasteiger charge is -2.00. The second-order valence-corrected chi connectivity index (χ2v) is 5.06. The van der Waals surface area contributed by atoms with Crippen LogP contribution in [0.15, 0.2) is 0 Å². The van der Waals surface area contributed by atoms with Gasteiger partial charge >= 0.3 is 0 Å². The summed E-state index contributed by atoms with van der Waals surface area (Å²) in [5, 5.41) is 0. The molecule has 0 unspecified atom stereocenters. The summed E-state index contributed by atoms with van der Waals surface area (Å²) >= 11 is 0. The average Bonchev–Trinajstić information content (AvgIpc) is 2.16.